The van der Waals surface area contributed by atoms with Crippen LogP contribution in [0.25, 0.3) is 10.9 Å². The highest BCUT2D eigenvalue weighted by atomic mass is 32.2. The number of hydrogen-bond donors (Lipinski definition) is 1. The number of aromatic nitrogens is 2. The van der Waals surface area contributed by atoms with Crippen LogP contribution in [0.15, 0.2) is 23.1 Å². The second kappa shape index (κ2) is 4.54. The van der Waals surface area contributed by atoms with Crippen molar-refractivity contribution in [3.8, 4) is 0 Å². The molecule has 0 bridgehead atoms. The number of carboxylic acids is 1. The molecule has 1 aromatic carbocycles. The third kappa shape index (κ3) is 2.26. The van der Waals surface area contributed by atoms with Crippen molar-refractivity contribution in [1.29, 1.82) is 0 Å². The van der Waals surface area contributed by atoms with E-state index in [1.807, 2.05) is 0 Å². The van der Waals surface area contributed by atoms with Crippen LogP contribution in [0.1, 0.15) is 17.4 Å². The quantitative estimate of drug-likeness (QED) is 0.911. The molecule has 2 aromatic rings. The summed E-state index contributed by atoms with van der Waals surface area (Å²) in [6.45, 7) is 1.37. The van der Waals surface area contributed by atoms with Crippen LogP contribution < -0.4 is 0 Å². The number of aromatic carboxylic acids is 1. The van der Waals surface area contributed by atoms with Crippen molar-refractivity contribution < 1.29 is 22.7 Å². The number of nitrogens with zero attached hydrogens (tertiary/aromatic N) is 2. The minimum Gasteiger partial charge on any atom is -0.476 e. The van der Waals surface area contributed by atoms with Gasteiger partial charge in [0.05, 0.1) is 11.3 Å². The minimum atomic E-state index is -3.87. The zero-order chi connectivity index (χ0) is 14.2. The Balaban J connectivity index is 3.00. The molecule has 0 unspecified atom stereocenters. The highest BCUT2D eigenvalue weighted by Gasteiger charge is 2.26. The molecule has 1 aromatic heterocycles. The summed E-state index contributed by atoms with van der Waals surface area (Å²) in [6.07, 6.45) is 0. The second-order valence-electron chi connectivity index (χ2n) is 3.75. The molecule has 2 rings (SSSR count). The summed E-state index contributed by atoms with van der Waals surface area (Å²) in [4.78, 5) is 10.6. The lowest BCUT2D eigenvalue weighted by molar-refractivity contribution is 0.0685. The molecule has 19 heavy (non-hydrogen) atoms. The summed E-state index contributed by atoms with van der Waals surface area (Å²) >= 11 is 0. The third-order valence-electron chi connectivity index (χ3n) is 2.57. The molecule has 0 saturated carbocycles. The number of benzene rings is 1. The average Bonchev–Trinajstić information content (AvgIpc) is 2.36. The Morgan fingerprint density at radius 3 is 2.63 bits per heavy atom. The van der Waals surface area contributed by atoms with E-state index in [2.05, 4.69) is 10.2 Å². The van der Waals surface area contributed by atoms with Gasteiger partial charge in [-0.2, -0.15) is 0 Å². The molecule has 0 aliphatic rings. The number of rotatable bonds is 3. The van der Waals surface area contributed by atoms with Gasteiger partial charge < -0.3 is 5.11 Å². The van der Waals surface area contributed by atoms with E-state index in [9.17, 15) is 17.6 Å². The lowest BCUT2D eigenvalue weighted by Gasteiger charge is -2.08. The number of carboxylic acid groups (broad SMARTS) is 1. The van der Waals surface area contributed by atoms with E-state index < -0.39 is 32.2 Å². The van der Waals surface area contributed by atoms with Crippen LogP contribution in [0, 0.1) is 5.82 Å². The first-order valence-corrected chi connectivity index (χ1v) is 6.94. The van der Waals surface area contributed by atoms with Gasteiger partial charge in [-0.15, -0.1) is 10.2 Å². The topological polar surface area (TPSA) is 97.2 Å². The first-order valence-electron chi connectivity index (χ1n) is 5.29. The van der Waals surface area contributed by atoms with E-state index in [1.165, 1.54) is 13.0 Å². The smallest absolute Gasteiger partial charge is 0.357 e. The Bertz CT molecular complexity index is 774. The molecule has 0 aliphatic carbocycles. The maximum atomic E-state index is 13.3. The Kier molecular flexibility index (Phi) is 3.19. The minimum absolute atomic E-state index is 0.0748. The van der Waals surface area contributed by atoms with Crippen LogP contribution in [-0.4, -0.2) is 35.4 Å². The van der Waals surface area contributed by atoms with Crippen molar-refractivity contribution >= 4 is 26.7 Å². The molecule has 1 heterocycles. The predicted octanol–water partition coefficient (Wildman–Crippen LogP) is 1.26. The maximum Gasteiger partial charge on any atom is 0.357 e. The van der Waals surface area contributed by atoms with Gasteiger partial charge in [0.15, 0.2) is 15.5 Å². The Morgan fingerprint density at radius 1 is 1.37 bits per heavy atom. The Morgan fingerprint density at radius 2 is 2.05 bits per heavy atom. The van der Waals surface area contributed by atoms with Crippen molar-refractivity contribution in [2.45, 2.75) is 11.8 Å². The van der Waals surface area contributed by atoms with E-state index in [0.29, 0.717) is 0 Å². The largest absolute Gasteiger partial charge is 0.476 e. The maximum absolute atomic E-state index is 13.3. The monoisotopic (exact) mass is 284 g/mol. The highest BCUT2D eigenvalue weighted by Crippen LogP contribution is 2.25. The standard InChI is InChI=1S/C11H9FN2O4S/c1-2-19(17,18)10-7-5-6(12)3-4-8(7)13-14-9(10)11(15)16/h3-5H,2H2,1H3,(H,15,16). The van der Waals surface area contributed by atoms with Crippen molar-refractivity contribution in [1.82, 2.24) is 10.2 Å². The molecule has 0 amide bonds. The van der Waals surface area contributed by atoms with Crippen molar-refractivity contribution in [2.75, 3.05) is 5.75 Å². The highest BCUT2D eigenvalue weighted by molar-refractivity contribution is 7.91. The SMILES string of the molecule is CCS(=O)(=O)c1c(C(=O)O)nnc2ccc(F)cc12. The van der Waals surface area contributed by atoms with E-state index in [0.717, 1.165) is 12.1 Å². The average molecular weight is 284 g/mol. The lowest BCUT2D eigenvalue weighted by Crippen LogP contribution is -2.14. The zero-order valence-corrected chi connectivity index (χ0v) is 10.6. The molecule has 0 aliphatic heterocycles. The van der Waals surface area contributed by atoms with Gasteiger partial charge in [0.25, 0.3) is 0 Å². The number of sulfone groups is 1. The van der Waals surface area contributed by atoms with E-state index in [-0.39, 0.29) is 16.7 Å². The number of carbonyl (C=O) groups is 1. The zero-order valence-electron chi connectivity index (χ0n) is 9.79. The van der Waals surface area contributed by atoms with Crippen LogP contribution in [0.4, 0.5) is 4.39 Å². The molecule has 0 saturated heterocycles. The normalized spacial score (nSPS) is 11.7. The van der Waals surface area contributed by atoms with Crippen molar-refractivity contribution in [3.63, 3.8) is 0 Å². The molecule has 6 nitrogen and oxygen atoms in total. The first kappa shape index (κ1) is 13.3. The van der Waals surface area contributed by atoms with Gasteiger partial charge in [0.2, 0.25) is 0 Å². The van der Waals surface area contributed by atoms with Crippen LogP contribution >= 0.6 is 0 Å². The van der Waals surface area contributed by atoms with Gasteiger partial charge in [-0.05, 0) is 18.2 Å². The van der Waals surface area contributed by atoms with E-state index in [4.69, 9.17) is 5.11 Å². The molecule has 0 atom stereocenters. The first-order chi connectivity index (χ1) is 8.86. The van der Waals surface area contributed by atoms with Crippen molar-refractivity contribution in [3.05, 3.63) is 29.7 Å². The van der Waals surface area contributed by atoms with Gasteiger partial charge in [-0.25, -0.2) is 17.6 Å². The van der Waals surface area contributed by atoms with Crippen LogP contribution in [0.3, 0.4) is 0 Å². The fourth-order valence-corrected chi connectivity index (χ4v) is 2.86. The van der Waals surface area contributed by atoms with E-state index >= 15 is 0 Å². The van der Waals surface area contributed by atoms with Crippen LogP contribution in [0.5, 0.6) is 0 Å². The molecule has 8 heteroatoms. The predicted molar refractivity (Wildman–Crippen MR) is 64.2 cm³/mol. The summed E-state index contributed by atoms with van der Waals surface area (Å²) in [6, 6.07) is 3.29. The summed E-state index contributed by atoms with van der Waals surface area (Å²) in [7, 11) is -3.87. The fourth-order valence-electron chi connectivity index (χ4n) is 1.65. The van der Waals surface area contributed by atoms with Gasteiger partial charge in [0.1, 0.15) is 10.7 Å². The second-order valence-corrected chi connectivity index (χ2v) is 5.96. The number of halogens is 1. The van der Waals surface area contributed by atoms with Crippen LogP contribution in [0.2, 0.25) is 0 Å². The number of fused-ring (bicyclic) bond motifs is 1. The molecular weight excluding hydrogens is 275 g/mol. The van der Waals surface area contributed by atoms with Gasteiger partial charge >= 0.3 is 5.97 Å². The Hall–Kier alpha value is -2.09. The summed E-state index contributed by atoms with van der Waals surface area (Å²) in [5.74, 6) is -2.51. The van der Waals surface area contributed by atoms with Crippen LogP contribution in [-0.2, 0) is 9.84 Å². The Labute approximate surface area is 107 Å². The molecule has 0 radical (unpaired) electrons. The van der Waals surface area contributed by atoms with Gasteiger partial charge in [0, 0.05) is 5.39 Å². The lowest BCUT2D eigenvalue weighted by atomic mass is 10.2. The molecule has 1 N–H and O–H groups in total. The molecule has 0 spiro atoms. The van der Waals surface area contributed by atoms with Crippen molar-refractivity contribution in [2.24, 2.45) is 0 Å². The molecule has 0 fully saturated rings. The van der Waals surface area contributed by atoms with Gasteiger partial charge in [-0.1, -0.05) is 6.92 Å². The van der Waals surface area contributed by atoms with E-state index in [1.54, 1.807) is 0 Å². The summed E-state index contributed by atoms with van der Waals surface area (Å²) < 4.78 is 37.2. The fraction of sp³-hybridized carbons (Fsp3) is 0.182. The third-order valence-corrected chi connectivity index (χ3v) is 4.37. The molecular formula is C11H9FN2O4S. The summed E-state index contributed by atoms with van der Waals surface area (Å²) in [5, 5.41) is 15.9. The van der Waals surface area contributed by atoms with Gasteiger partial charge in [-0.3, -0.25) is 0 Å². The number of hydrogen-bond acceptors (Lipinski definition) is 5. The molecule has 100 valence electrons. The summed E-state index contributed by atoms with van der Waals surface area (Å²) in [5.41, 5.74) is -0.571.